The first-order chi connectivity index (χ1) is 13.0. The van der Waals surface area contributed by atoms with Gasteiger partial charge in [0.2, 0.25) is 11.8 Å². The van der Waals surface area contributed by atoms with E-state index in [4.69, 9.17) is 0 Å². The van der Waals surface area contributed by atoms with Crippen molar-refractivity contribution in [2.75, 3.05) is 18.4 Å². The first kappa shape index (κ1) is 18.0. The first-order valence-electron chi connectivity index (χ1n) is 9.02. The van der Waals surface area contributed by atoms with Crippen LogP contribution >= 0.6 is 11.3 Å². The van der Waals surface area contributed by atoms with Gasteiger partial charge >= 0.3 is 0 Å². The number of nitrogens with zero attached hydrogens (tertiary/aromatic N) is 2. The summed E-state index contributed by atoms with van der Waals surface area (Å²) in [6, 6.07) is 3.59. The number of aromatic nitrogens is 1. The monoisotopic (exact) mass is 391 g/mol. The average Bonchev–Trinajstić information content (AvgIpc) is 3.43. The van der Waals surface area contributed by atoms with Crippen molar-refractivity contribution < 1.29 is 18.4 Å². The Hall–Kier alpha value is -2.35. The maximum absolute atomic E-state index is 13.4. The van der Waals surface area contributed by atoms with Gasteiger partial charge in [-0.05, 0) is 43.9 Å². The van der Waals surface area contributed by atoms with E-state index in [1.54, 1.807) is 5.38 Å². The highest BCUT2D eigenvalue weighted by atomic mass is 32.1. The molecule has 0 spiro atoms. The molecule has 1 saturated carbocycles. The molecular weight excluding hydrogens is 372 g/mol. The van der Waals surface area contributed by atoms with Gasteiger partial charge in [0.25, 0.3) is 0 Å². The van der Waals surface area contributed by atoms with E-state index < -0.39 is 11.6 Å². The molecule has 2 fully saturated rings. The van der Waals surface area contributed by atoms with E-state index in [9.17, 15) is 18.4 Å². The van der Waals surface area contributed by atoms with E-state index in [-0.39, 0.29) is 23.7 Å². The summed E-state index contributed by atoms with van der Waals surface area (Å²) >= 11 is 1.24. The SMILES string of the molecule is O=C(Nc1nc(-c2ccc(F)c(F)c2)cs1)C1CCN(C(=O)C2CC2)CC1. The van der Waals surface area contributed by atoms with Crippen molar-refractivity contribution in [3.63, 3.8) is 0 Å². The summed E-state index contributed by atoms with van der Waals surface area (Å²) in [4.78, 5) is 30.7. The van der Waals surface area contributed by atoms with Gasteiger partial charge in [0.15, 0.2) is 16.8 Å². The summed E-state index contributed by atoms with van der Waals surface area (Å²) in [7, 11) is 0. The van der Waals surface area contributed by atoms with E-state index >= 15 is 0 Å². The molecule has 1 aliphatic carbocycles. The van der Waals surface area contributed by atoms with Gasteiger partial charge in [0.05, 0.1) is 5.69 Å². The number of hydrogen-bond acceptors (Lipinski definition) is 4. The molecule has 0 radical (unpaired) electrons. The van der Waals surface area contributed by atoms with Gasteiger partial charge in [-0.2, -0.15) is 0 Å². The number of rotatable bonds is 4. The van der Waals surface area contributed by atoms with Crippen LogP contribution in [0.5, 0.6) is 0 Å². The minimum absolute atomic E-state index is 0.111. The molecular formula is C19H19F2N3O2S. The number of likely N-dealkylation sites (tertiary alicyclic amines) is 1. The van der Waals surface area contributed by atoms with Crippen molar-refractivity contribution in [2.45, 2.75) is 25.7 Å². The zero-order chi connectivity index (χ0) is 19.0. The van der Waals surface area contributed by atoms with Gasteiger partial charge in [-0.25, -0.2) is 13.8 Å². The summed E-state index contributed by atoms with van der Waals surface area (Å²) in [5, 5.41) is 4.92. The van der Waals surface area contributed by atoms with E-state index in [2.05, 4.69) is 10.3 Å². The molecule has 1 N–H and O–H groups in total. The van der Waals surface area contributed by atoms with Crippen LogP contribution in [0.4, 0.5) is 13.9 Å². The smallest absolute Gasteiger partial charge is 0.229 e. The van der Waals surface area contributed by atoms with Crippen molar-refractivity contribution in [2.24, 2.45) is 11.8 Å². The number of carbonyl (C=O) groups excluding carboxylic acids is 2. The second-order valence-electron chi connectivity index (χ2n) is 7.03. The van der Waals surface area contributed by atoms with Crippen LogP contribution in [0.1, 0.15) is 25.7 Å². The third kappa shape index (κ3) is 4.00. The van der Waals surface area contributed by atoms with Gasteiger partial charge < -0.3 is 10.2 Å². The Balaban J connectivity index is 1.34. The fraction of sp³-hybridized carbons (Fsp3) is 0.421. The zero-order valence-corrected chi connectivity index (χ0v) is 15.4. The van der Waals surface area contributed by atoms with Gasteiger partial charge in [-0.15, -0.1) is 11.3 Å². The number of piperidine rings is 1. The van der Waals surface area contributed by atoms with E-state index in [1.165, 1.54) is 17.4 Å². The molecule has 1 aromatic carbocycles. The Bertz CT molecular complexity index is 874. The van der Waals surface area contributed by atoms with E-state index in [1.807, 2.05) is 4.90 Å². The summed E-state index contributed by atoms with van der Waals surface area (Å²) in [6.07, 6.45) is 3.27. The molecule has 2 amide bonds. The fourth-order valence-electron chi connectivity index (χ4n) is 3.28. The van der Waals surface area contributed by atoms with Gasteiger partial charge in [0.1, 0.15) is 0 Å². The Morgan fingerprint density at radius 2 is 1.81 bits per heavy atom. The van der Waals surface area contributed by atoms with Crippen molar-refractivity contribution in [1.29, 1.82) is 0 Å². The van der Waals surface area contributed by atoms with Crippen LogP contribution in [0, 0.1) is 23.5 Å². The van der Waals surface area contributed by atoms with Crippen LogP contribution in [0.3, 0.4) is 0 Å². The number of benzene rings is 1. The molecule has 0 bridgehead atoms. The minimum Gasteiger partial charge on any atom is -0.342 e. The van der Waals surface area contributed by atoms with Gasteiger partial charge in [0, 0.05) is 35.9 Å². The van der Waals surface area contributed by atoms with Crippen LogP contribution in [-0.4, -0.2) is 34.8 Å². The summed E-state index contributed by atoms with van der Waals surface area (Å²) in [5.74, 6) is -1.67. The third-order valence-electron chi connectivity index (χ3n) is 5.05. The van der Waals surface area contributed by atoms with E-state index in [0.29, 0.717) is 42.3 Å². The van der Waals surface area contributed by atoms with Gasteiger partial charge in [-0.1, -0.05) is 0 Å². The molecule has 142 valence electrons. The Labute approximate surface area is 159 Å². The van der Waals surface area contributed by atoms with Crippen LogP contribution in [0.15, 0.2) is 23.6 Å². The minimum atomic E-state index is -0.932. The lowest BCUT2D eigenvalue weighted by Crippen LogP contribution is -2.42. The molecule has 27 heavy (non-hydrogen) atoms. The summed E-state index contributed by atoms with van der Waals surface area (Å²) < 4.78 is 26.4. The Kier molecular flexibility index (Phi) is 4.90. The number of halogens is 2. The molecule has 0 unspecified atom stereocenters. The molecule has 1 saturated heterocycles. The van der Waals surface area contributed by atoms with Crippen molar-refractivity contribution in [1.82, 2.24) is 9.88 Å². The third-order valence-corrected chi connectivity index (χ3v) is 5.81. The zero-order valence-electron chi connectivity index (χ0n) is 14.6. The number of anilines is 1. The standard InChI is InChI=1S/C19H19F2N3O2S/c20-14-4-3-13(9-15(14)21)16-10-27-19(22-16)23-17(25)11-5-7-24(8-6-11)18(26)12-1-2-12/h3-4,9-12H,1-2,5-8H2,(H,22,23,25). The maximum atomic E-state index is 13.4. The predicted octanol–water partition coefficient (Wildman–Crippen LogP) is 3.68. The summed E-state index contributed by atoms with van der Waals surface area (Å²) in [5.41, 5.74) is 0.941. The molecule has 0 atom stereocenters. The Morgan fingerprint density at radius 3 is 2.48 bits per heavy atom. The maximum Gasteiger partial charge on any atom is 0.229 e. The van der Waals surface area contributed by atoms with Crippen LogP contribution < -0.4 is 5.32 Å². The largest absolute Gasteiger partial charge is 0.342 e. The average molecular weight is 391 g/mol. The number of hydrogen-bond donors (Lipinski definition) is 1. The molecule has 2 aromatic rings. The molecule has 5 nitrogen and oxygen atoms in total. The lowest BCUT2D eigenvalue weighted by molar-refractivity contribution is -0.135. The molecule has 8 heteroatoms. The molecule has 1 aromatic heterocycles. The van der Waals surface area contributed by atoms with Crippen molar-refractivity contribution in [3.8, 4) is 11.3 Å². The van der Waals surface area contributed by atoms with Gasteiger partial charge in [-0.3, -0.25) is 9.59 Å². The normalized spacial score (nSPS) is 17.8. The molecule has 1 aliphatic heterocycles. The lowest BCUT2D eigenvalue weighted by Gasteiger charge is -2.31. The second kappa shape index (κ2) is 7.34. The van der Waals surface area contributed by atoms with E-state index in [0.717, 1.165) is 25.0 Å². The fourth-order valence-corrected chi connectivity index (χ4v) is 4.00. The molecule has 2 heterocycles. The first-order valence-corrected chi connectivity index (χ1v) is 9.90. The van der Waals surface area contributed by atoms with Crippen LogP contribution in [0.2, 0.25) is 0 Å². The molecule has 2 aliphatic rings. The highest BCUT2D eigenvalue weighted by Gasteiger charge is 2.36. The van der Waals surface area contributed by atoms with Crippen molar-refractivity contribution >= 4 is 28.3 Å². The Morgan fingerprint density at radius 1 is 1.07 bits per heavy atom. The number of carbonyl (C=O) groups is 2. The molecule has 4 rings (SSSR count). The second-order valence-corrected chi connectivity index (χ2v) is 7.89. The van der Waals surface area contributed by atoms with Crippen LogP contribution in [0.25, 0.3) is 11.3 Å². The quantitative estimate of drug-likeness (QED) is 0.865. The number of nitrogens with one attached hydrogen (secondary N) is 1. The topological polar surface area (TPSA) is 62.3 Å². The number of thiazole rings is 1. The lowest BCUT2D eigenvalue weighted by atomic mass is 9.95. The van der Waals surface area contributed by atoms with Crippen LogP contribution in [-0.2, 0) is 9.59 Å². The van der Waals surface area contributed by atoms with Crippen molar-refractivity contribution in [3.05, 3.63) is 35.2 Å². The highest BCUT2D eigenvalue weighted by molar-refractivity contribution is 7.14. The number of amides is 2. The predicted molar refractivity (Wildman–Crippen MR) is 98.1 cm³/mol. The highest BCUT2D eigenvalue weighted by Crippen LogP contribution is 2.33. The summed E-state index contributed by atoms with van der Waals surface area (Å²) in [6.45, 7) is 1.23.